The second-order valence-corrected chi connectivity index (χ2v) is 12.9. The molecular weight excluding hydrogens is 623 g/mol. The molecular formula is C48H31NO2. The normalized spacial score (nSPS) is 11.5. The van der Waals surface area contributed by atoms with Crippen molar-refractivity contribution in [2.75, 3.05) is 4.90 Å². The van der Waals surface area contributed by atoms with E-state index in [4.69, 9.17) is 8.83 Å². The molecule has 0 radical (unpaired) electrons. The van der Waals surface area contributed by atoms with E-state index in [1.165, 1.54) is 22.3 Å². The van der Waals surface area contributed by atoms with Crippen LogP contribution < -0.4 is 4.90 Å². The van der Waals surface area contributed by atoms with E-state index in [1.54, 1.807) is 0 Å². The lowest BCUT2D eigenvalue weighted by atomic mass is 9.98. The summed E-state index contributed by atoms with van der Waals surface area (Å²) in [7, 11) is 0. The van der Waals surface area contributed by atoms with Gasteiger partial charge in [0.05, 0.1) is 5.39 Å². The fourth-order valence-corrected chi connectivity index (χ4v) is 7.45. The van der Waals surface area contributed by atoms with Gasteiger partial charge in [-0.05, 0) is 94.0 Å². The number of benzene rings is 8. The number of hydrogen-bond acceptors (Lipinski definition) is 3. The largest absolute Gasteiger partial charge is 0.456 e. The molecule has 0 unspecified atom stereocenters. The molecule has 3 heteroatoms. The maximum atomic E-state index is 6.48. The molecule has 0 N–H and O–H groups in total. The third-order valence-electron chi connectivity index (χ3n) is 9.89. The Hall–Kier alpha value is -6.84. The first kappa shape index (κ1) is 29.1. The van der Waals surface area contributed by atoms with Crippen molar-refractivity contribution in [3.8, 4) is 33.4 Å². The van der Waals surface area contributed by atoms with E-state index in [0.29, 0.717) is 0 Å². The summed E-state index contributed by atoms with van der Waals surface area (Å²) in [6.07, 6.45) is 0. The highest BCUT2D eigenvalue weighted by Crippen LogP contribution is 2.44. The van der Waals surface area contributed by atoms with Gasteiger partial charge in [0.1, 0.15) is 22.3 Å². The van der Waals surface area contributed by atoms with Crippen molar-refractivity contribution in [2.45, 2.75) is 0 Å². The fraction of sp³-hybridized carbons (Fsp3) is 0. The summed E-state index contributed by atoms with van der Waals surface area (Å²) in [4.78, 5) is 2.33. The van der Waals surface area contributed by atoms with Crippen molar-refractivity contribution in [1.82, 2.24) is 0 Å². The van der Waals surface area contributed by atoms with E-state index in [9.17, 15) is 0 Å². The summed E-state index contributed by atoms with van der Waals surface area (Å²) in [5.41, 5.74) is 13.6. The van der Waals surface area contributed by atoms with Crippen LogP contribution in [0.2, 0.25) is 0 Å². The molecule has 0 saturated carbocycles. The molecule has 10 rings (SSSR count). The number of fused-ring (bicyclic) bond motifs is 7. The Kier molecular flexibility index (Phi) is 6.81. The minimum Gasteiger partial charge on any atom is -0.456 e. The average Bonchev–Trinajstić information content (AvgIpc) is 3.78. The lowest BCUT2D eigenvalue weighted by molar-refractivity contribution is 0.663. The van der Waals surface area contributed by atoms with Gasteiger partial charge in [0.2, 0.25) is 0 Å². The van der Waals surface area contributed by atoms with Crippen LogP contribution in [0.4, 0.5) is 17.1 Å². The molecule has 8 aromatic carbocycles. The Morgan fingerprint density at radius 2 is 0.882 bits per heavy atom. The molecule has 51 heavy (non-hydrogen) atoms. The van der Waals surface area contributed by atoms with Gasteiger partial charge in [-0.1, -0.05) is 127 Å². The Balaban J connectivity index is 1.10. The summed E-state index contributed by atoms with van der Waals surface area (Å²) in [6, 6.07) is 66.2. The summed E-state index contributed by atoms with van der Waals surface area (Å²) in [5.74, 6) is 0. The first-order chi connectivity index (χ1) is 25.3. The molecule has 240 valence electrons. The highest BCUT2D eigenvalue weighted by Gasteiger charge is 2.20. The van der Waals surface area contributed by atoms with Crippen LogP contribution in [0.1, 0.15) is 0 Å². The van der Waals surface area contributed by atoms with Crippen LogP contribution in [0.5, 0.6) is 0 Å². The maximum Gasteiger partial charge on any atom is 0.147 e. The fourth-order valence-electron chi connectivity index (χ4n) is 7.45. The highest BCUT2D eigenvalue weighted by atomic mass is 16.3. The quantitative estimate of drug-likeness (QED) is 0.179. The van der Waals surface area contributed by atoms with Crippen molar-refractivity contribution < 1.29 is 8.83 Å². The van der Waals surface area contributed by atoms with Crippen LogP contribution in [-0.2, 0) is 0 Å². The first-order valence-electron chi connectivity index (χ1n) is 17.3. The maximum absolute atomic E-state index is 6.48. The van der Waals surface area contributed by atoms with Gasteiger partial charge in [0.25, 0.3) is 0 Å². The number of nitrogens with zero attached hydrogens (tertiary/aromatic N) is 1. The zero-order chi connectivity index (χ0) is 33.7. The van der Waals surface area contributed by atoms with Crippen molar-refractivity contribution in [3.63, 3.8) is 0 Å². The molecule has 0 spiro atoms. The summed E-state index contributed by atoms with van der Waals surface area (Å²) >= 11 is 0. The average molecular weight is 654 g/mol. The summed E-state index contributed by atoms with van der Waals surface area (Å²) in [6.45, 7) is 0. The van der Waals surface area contributed by atoms with E-state index in [-0.39, 0.29) is 0 Å². The predicted molar refractivity (Wildman–Crippen MR) is 212 cm³/mol. The van der Waals surface area contributed by atoms with E-state index >= 15 is 0 Å². The van der Waals surface area contributed by atoms with Crippen molar-refractivity contribution in [3.05, 3.63) is 188 Å². The lowest BCUT2D eigenvalue weighted by Gasteiger charge is -2.26. The monoisotopic (exact) mass is 653 g/mol. The van der Waals surface area contributed by atoms with Crippen molar-refractivity contribution in [2.24, 2.45) is 0 Å². The van der Waals surface area contributed by atoms with Crippen LogP contribution in [0, 0.1) is 0 Å². The Labute approximate surface area is 295 Å². The number of furan rings is 2. The van der Waals surface area contributed by atoms with Crippen molar-refractivity contribution in [1.29, 1.82) is 0 Å². The minimum absolute atomic E-state index is 0.823. The van der Waals surface area contributed by atoms with E-state index in [0.717, 1.165) is 72.1 Å². The van der Waals surface area contributed by atoms with Crippen LogP contribution in [0.25, 0.3) is 77.3 Å². The Morgan fingerprint density at radius 3 is 1.63 bits per heavy atom. The molecule has 0 saturated heterocycles. The third kappa shape index (κ3) is 4.98. The molecule has 0 aliphatic heterocycles. The van der Waals surface area contributed by atoms with E-state index < -0.39 is 0 Å². The zero-order valence-electron chi connectivity index (χ0n) is 27.7. The molecule has 0 amide bonds. The molecule has 0 bridgehead atoms. The van der Waals surface area contributed by atoms with Crippen LogP contribution in [0.3, 0.4) is 0 Å². The smallest absolute Gasteiger partial charge is 0.147 e. The highest BCUT2D eigenvalue weighted by molar-refractivity contribution is 6.24. The molecule has 3 nitrogen and oxygen atoms in total. The minimum atomic E-state index is 0.823. The van der Waals surface area contributed by atoms with Gasteiger partial charge in [-0.15, -0.1) is 0 Å². The Bertz CT molecular complexity index is 2830. The van der Waals surface area contributed by atoms with Crippen molar-refractivity contribution >= 4 is 60.9 Å². The van der Waals surface area contributed by atoms with Gasteiger partial charge >= 0.3 is 0 Å². The predicted octanol–water partition coefficient (Wildman–Crippen LogP) is 14.0. The molecule has 0 atom stereocenters. The standard InChI is InChI=1S/C48H31NO2/c1-3-11-32(12-4-1)34-21-25-37(26-22-34)49(39-16-9-15-36(31-39)33-13-5-2-6-14-33)38-27-23-35(24-28-38)40-18-10-20-44-46(40)47-45(50-44)30-29-42-41-17-7-8-19-43(41)51-48(42)47/h1-31H. The van der Waals surface area contributed by atoms with Gasteiger partial charge in [-0.3, -0.25) is 0 Å². The third-order valence-corrected chi connectivity index (χ3v) is 9.89. The van der Waals surface area contributed by atoms with Crippen LogP contribution in [-0.4, -0.2) is 0 Å². The zero-order valence-corrected chi connectivity index (χ0v) is 27.7. The molecule has 2 heterocycles. The number of rotatable bonds is 6. The second kappa shape index (κ2) is 11.9. The second-order valence-electron chi connectivity index (χ2n) is 12.9. The summed E-state index contributed by atoms with van der Waals surface area (Å²) < 4.78 is 12.9. The van der Waals surface area contributed by atoms with Gasteiger partial charge < -0.3 is 13.7 Å². The molecule has 2 aromatic heterocycles. The molecule has 0 aliphatic carbocycles. The number of anilines is 3. The van der Waals surface area contributed by atoms with E-state index in [1.807, 2.05) is 18.2 Å². The van der Waals surface area contributed by atoms with Crippen LogP contribution >= 0.6 is 0 Å². The molecule has 0 aliphatic rings. The molecule has 10 aromatic rings. The number of hydrogen-bond donors (Lipinski definition) is 0. The van der Waals surface area contributed by atoms with Gasteiger partial charge in [-0.2, -0.15) is 0 Å². The van der Waals surface area contributed by atoms with Crippen LogP contribution in [0.15, 0.2) is 197 Å². The van der Waals surface area contributed by atoms with Gasteiger partial charge in [-0.25, -0.2) is 0 Å². The number of para-hydroxylation sites is 1. The van der Waals surface area contributed by atoms with E-state index in [2.05, 4.69) is 175 Å². The lowest BCUT2D eigenvalue weighted by Crippen LogP contribution is -2.10. The Morgan fingerprint density at radius 1 is 0.314 bits per heavy atom. The van der Waals surface area contributed by atoms with Gasteiger partial charge in [0, 0.05) is 33.2 Å². The first-order valence-corrected chi connectivity index (χ1v) is 17.3. The molecule has 0 fully saturated rings. The summed E-state index contributed by atoms with van der Waals surface area (Å²) in [5, 5.41) is 4.28. The van der Waals surface area contributed by atoms with Gasteiger partial charge in [0.15, 0.2) is 0 Å². The SMILES string of the molecule is c1ccc(-c2ccc(N(c3ccc(-c4cccc5oc6ccc7c8ccccc8oc7c6c45)cc3)c3cccc(-c4ccccc4)c3)cc2)cc1. The topological polar surface area (TPSA) is 29.5 Å².